The van der Waals surface area contributed by atoms with Crippen molar-refractivity contribution in [2.75, 3.05) is 0 Å². The lowest BCUT2D eigenvalue weighted by atomic mass is 9.78. The third kappa shape index (κ3) is 6.12. The van der Waals surface area contributed by atoms with Crippen molar-refractivity contribution in [1.29, 1.82) is 0 Å². The van der Waals surface area contributed by atoms with Gasteiger partial charge in [-0.25, -0.2) is 0 Å². The van der Waals surface area contributed by atoms with E-state index in [4.69, 9.17) is 0 Å². The minimum atomic E-state index is 0.644. The Morgan fingerprint density at radius 3 is 1.77 bits per heavy atom. The summed E-state index contributed by atoms with van der Waals surface area (Å²) in [6.07, 6.45) is 11.2. The molecule has 0 fully saturated rings. The van der Waals surface area contributed by atoms with Crippen molar-refractivity contribution in [3.8, 4) is 0 Å². The highest BCUT2D eigenvalue weighted by atomic mass is 14.3. The Morgan fingerprint density at radius 1 is 0.769 bits per heavy atom. The van der Waals surface area contributed by atoms with Crippen LogP contribution in [0.15, 0.2) is 0 Å². The second kappa shape index (κ2) is 7.41. The van der Waals surface area contributed by atoms with Crippen LogP contribution in [0.25, 0.3) is 0 Å². The van der Waals surface area contributed by atoms with Gasteiger partial charge in [0.05, 0.1) is 0 Å². The first-order valence-corrected chi connectivity index (χ1v) is 6.18. The van der Waals surface area contributed by atoms with Crippen LogP contribution >= 0.6 is 0 Å². The van der Waals surface area contributed by atoms with Gasteiger partial charge in [0, 0.05) is 0 Å². The molecule has 0 heterocycles. The maximum Gasteiger partial charge on any atom is -0.0328 e. The second-order valence-electron chi connectivity index (χ2n) is 4.72. The molecule has 0 aliphatic heterocycles. The average molecular weight is 184 g/mol. The van der Waals surface area contributed by atoms with Gasteiger partial charge in [0.1, 0.15) is 0 Å². The summed E-state index contributed by atoms with van der Waals surface area (Å²) < 4.78 is 0. The van der Waals surface area contributed by atoms with Crippen LogP contribution in [0, 0.1) is 5.41 Å². The zero-order chi connectivity index (χ0) is 10.2. The van der Waals surface area contributed by atoms with Gasteiger partial charge in [-0.15, -0.1) is 0 Å². The fraction of sp³-hybridized carbons (Fsp3) is 1.00. The Bertz CT molecular complexity index is 107. The third-order valence-corrected chi connectivity index (χ3v) is 3.37. The van der Waals surface area contributed by atoms with Crippen molar-refractivity contribution in [2.24, 2.45) is 5.41 Å². The highest BCUT2D eigenvalue weighted by Gasteiger charge is 2.20. The van der Waals surface area contributed by atoms with Gasteiger partial charge < -0.3 is 0 Å². The number of hydrogen-bond donors (Lipinski definition) is 0. The molecule has 0 nitrogen and oxygen atoms in total. The Labute approximate surface area is 85.1 Å². The van der Waals surface area contributed by atoms with Gasteiger partial charge in [-0.2, -0.15) is 0 Å². The van der Waals surface area contributed by atoms with E-state index in [1.165, 1.54) is 51.4 Å². The predicted octanol–water partition coefficient (Wildman–Crippen LogP) is 5.17. The summed E-state index contributed by atoms with van der Waals surface area (Å²) in [5, 5.41) is 0. The standard InChI is InChI=1S/C13H28/c1-5-8-10-12-13(4,7-3)11-9-6-2/h5-12H2,1-4H3. The topological polar surface area (TPSA) is 0 Å². The number of rotatable bonds is 8. The molecular weight excluding hydrogens is 156 g/mol. The Morgan fingerprint density at radius 2 is 1.31 bits per heavy atom. The number of unbranched alkanes of at least 4 members (excludes halogenated alkanes) is 3. The molecular formula is C13H28. The Hall–Kier alpha value is 0. The summed E-state index contributed by atoms with van der Waals surface area (Å²) in [6.45, 7) is 9.40. The van der Waals surface area contributed by atoms with Gasteiger partial charge in [0.25, 0.3) is 0 Å². The molecule has 0 aromatic heterocycles. The van der Waals surface area contributed by atoms with Crippen molar-refractivity contribution in [1.82, 2.24) is 0 Å². The molecule has 80 valence electrons. The van der Waals surface area contributed by atoms with E-state index in [1.807, 2.05) is 0 Å². The minimum Gasteiger partial charge on any atom is -0.0654 e. The molecule has 0 radical (unpaired) electrons. The van der Waals surface area contributed by atoms with E-state index in [9.17, 15) is 0 Å². The largest absolute Gasteiger partial charge is 0.0654 e. The predicted molar refractivity (Wildman–Crippen MR) is 62.1 cm³/mol. The van der Waals surface area contributed by atoms with Crippen molar-refractivity contribution in [3.05, 3.63) is 0 Å². The summed E-state index contributed by atoms with van der Waals surface area (Å²) in [5.41, 5.74) is 0.644. The van der Waals surface area contributed by atoms with E-state index in [-0.39, 0.29) is 0 Å². The lowest BCUT2D eigenvalue weighted by Crippen LogP contribution is -2.14. The first kappa shape index (κ1) is 13.0. The van der Waals surface area contributed by atoms with Crippen LogP contribution in [0.1, 0.15) is 79.1 Å². The van der Waals surface area contributed by atoms with Crippen LogP contribution in [0.5, 0.6) is 0 Å². The highest BCUT2D eigenvalue weighted by Crippen LogP contribution is 2.33. The lowest BCUT2D eigenvalue weighted by molar-refractivity contribution is 0.244. The van der Waals surface area contributed by atoms with Crippen LogP contribution in [-0.4, -0.2) is 0 Å². The van der Waals surface area contributed by atoms with Gasteiger partial charge in [-0.05, 0) is 18.3 Å². The zero-order valence-corrected chi connectivity index (χ0v) is 10.2. The summed E-state index contributed by atoms with van der Waals surface area (Å²) in [5.74, 6) is 0. The molecule has 1 atom stereocenters. The fourth-order valence-corrected chi connectivity index (χ4v) is 1.88. The zero-order valence-electron chi connectivity index (χ0n) is 10.2. The first-order chi connectivity index (χ1) is 6.18. The Kier molecular flexibility index (Phi) is 7.41. The van der Waals surface area contributed by atoms with Crippen molar-refractivity contribution >= 4 is 0 Å². The van der Waals surface area contributed by atoms with Crippen LogP contribution < -0.4 is 0 Å². The SMILES string of the molecule is CCCCCC(C)(CC)CCCC. The molecule has 0 spiro atoms. The van der Waals surface area contributed by atoms with Gasteiger partial charge >= 0.3 is 0 Å². The molecule has 1 unspecified atom stereocenters. The van der Waals surface area contributed by atoms with Crippen molar-refractivity contribution in [3.63, 3.8) is 0 Å². The molecule has 13 heavy (non-hydrogen) atoms. The maximum absolute atomic E-state index is 2.47. The molecule has 0 amide bonds. The van der Waals surface area contributed by atoms with E-state index in [0.717, 1.165) is 0 Å². The summed E-state index contributed by atoms with van der Waals surface area (Å²) >= 11 is 0. The van der Waals surface area contributed by atoms with Gasteiger partial charge in [-0.1, -0.05) is 66.2 Å². The maximum atomic E-state index is 2.47. The molecule has 0 bridgehead atoms. The van der Waals surface area contributed by atoms with Gasteiger partial charge in [-0.3, -0.25) is 0 Å². The molecule has 0 N–H and O–H groups in total. The quantitative estimate of drug-likeness (QED) is 0.456. The first-order valence-electron chi connectivity index (χ1n) is 6.18. The summed E-state index contributed by atoms with van der Waals surface area (Å²) in [6, 6.07) is 0. The van der Waals surface area contributed by atoms with E-state index < -0.39 is 0 Å². The smallest absolute Gasteiger partial charge is 0.0328 e. The molecule has 0 aromatic carbocycles. The molecule has 0 aliphatic carbocycles. The highest BCUT2D eigenvalue weighted by molar-refractivity contribution is 4.72. The van der Waals surface area contributed by atoms with Crippen LogP contribution in [0.3, 0.4) is 0 Å². The van der Waals surface area contributed by atoms with Crippen LogP contribution in [0.2, 0.25) is 0 Å². The summed E-state index contributed by atoms with van der Waals surface area (Å²) in [7, 11) is 0. The monoisotopic (exact) mass is 184 g/mol. The fourth-order valence-electron chi connectivity index (χ4n) is 1.88. The summed E-state index contributed by atoms with van der Waals surface area (Å²) in [4.78, 5) is 0. The van der Waals surface area contributed by atoms with Gasteiger partial charge in [0.15, 0.2) is 0 Å². The molecule has 0 aromatic rings. The molecule has 0 saturated carbocycles. The van der Waals surface area contributed by atoms with E-state index >= 15 is 0 Å². The third-order valence-electron chi connectivity index (χ3n) is 3.37. The number of hydrogen-bond acceptors (Lipinski definition) is 0. The van der Waals surface area contributed by atoms with E-state index in [0.29, 0.717) is 5.41 Å². The average Bonchev–Trinajstić information content (AvgIpc) is 2.15. The Balaban J connectivity index is 3.67. The molecule has 0 heteroatoms. The molecule has 0 aliphatic rings. The van der Waals surface area contributed by atoms with Crippen molar-refractivity contribution in [2.45, 2.75) is 79.1 Å². The van der Waals surface area contributed by atoms with Crippen LogP contribution in [0.4, 0.5) is 0 Å². The van der Waals surface area contributed by atoms with E-state index in [1.54, 1.807) is 0 Å². The van der Waals surface area contributed by atoms with Crippen LogP contribution in [-0.2, 0) is 0 Å². The lowest BCUT2D eigenvalue weighted by Gasteiger charge is -2.28. The van der Waals surface area contributed by atoms with Gasteiger partial charge in [0.2, 0.25) is 0 Å². The second-order valence-corrected chi connectivity index (χ2v) is 4.72. The van der Waals surface area contributed by atoms with E-state index in [2.05, 4.69) is 27.7 Å². The minimum absolute atomic E-state index is 0.644. The normalized spacial score (nSPS) is 15.7. The van der Waals surface area contributed by atoms with Crippen molar-refractivity contribution < 1.29 is 0 Å². The molecule has 0 saturated heterocycles. The molecule has 0 rings (SSSR count).